The van der Waals surface area contributed by atoms with Crippen molar-refractivity contribution in [1.82, 2.24) is 9.88 Å². The molecular formula is C16H20N2O. The Balaban J connectivity index is 2.47. The van der Waals surface area contributed by atoms with Crippen LogP contribution in [-0.4, -0.2) is 30.5 Å². The van der Waals surface area contributed by atoms with Gasteiger partial charge in [-0.15, -0.1) is 0 Å². The average Bonchev–Trinajstić information content (AvgIpc) is 2.36. The lowest BCUT2D eigenvalue weighted by atomic mass is 10.0. The summed E-state index contributed by atoms with van der Waals surface area (Å²) in [5, 5.41) is 1.06. The Hall–Kier alpha value is -1.87. The molecule has 0 spiro atoms. The van der Waals surface area contributed by atoms with Crippen molar-refractivity contribution in [2.45, 2.75) is 13.3 Å². The molecule has 3 heteroatoms. The quantitative estimate of drug-likeness (QED) is 0.913. The normalized spacial score (nSPS) is 11.2. The van der Waals surface area contributed by atoms with Crippen molar-refractivity contribution in [2.75, 3.05) is 20.6 Å². The summed E-state index contributed by atoms with van der Waals surface area (Å²) in [6.45, 7) is 6.94. The van der Waals surface area contributed by atoms with Gasteiger partial charge in [0.15, 0.2) is 0 Å². The van der Waals surface area contributed by atoms with Gasteiger partial charge in [0.25, 0.3) is 5.56 Å². The Labute approximate surface area is 113 Å². The highest BCUT2D eigenvalue weighted by atomic mass is 16.1. The van der Waals surface area contributed by atoms with Gasteiger partial charge in [-0.25, -0.2) is 0 Å². The van der Waals surface area contributed by atoms with E-state index in [0.29, 0.717) is 0 Å². The Morgan fingerprint density at radius 3 is 2.68 bits per heavy atom. The van der Waals surface area contributed by atoms with E-state index in [-0.39, 0.29) is 5.56 Å². The number of hydrogen-bond acceptors (Lipinski definition) is 2. The maximum Gasteiger partial charge on any atom is 0.251 e. The van der Waals surface area contributed by atoms with Gasteiger partial charge < -0.3 is 9.88 Å². The first-order valence-electron chi connectivity index (χ1n) is 6.50. The van der Waals surface area contributed by atoms with E-state index in [9.17, 15) is 4.79 Å². The molecule has 0 fully saturated rings. The first-order valence-corrected chi connectivity index (χ1v) is 6.50. The number of aromatic amines is 1. The van der Waals surface area contributed by atoms with E-state index in [1.54, 1.807) is 0 Å². The van der Waals surface area contributed by atoms with Crippen LogP contribution in [0.25, 0.3) is 16.5 Å². The molecule has 2 aromatic rings. The second-order valence-corrected chi connectivity index (χ2v) is 5.12. The molecule has 0 amide bonds. The molecule has 3 nitrogen and oxygen atoms in total. The number of nitrogens with one attached hydrogen (secondary N) is 1. The lowest BCUT2D eigenvalue weighted by molar-refractivity contribution is 0.463. The molecular weight excluding hydrogens is 236 g/mol. The molecule has 19 heavy (non-hydrogen) atoms. The highest BCUT2D eigenvalue weighted by Crippen LogP contribution is 2.19. The van der Waals surface area contributed by atoms with Crippen LogP contribution >= 0.6 is 0 Å². The minimum Gasteiger partial charge on any atom is -0.322 e. The van der Waals surface area contributed by atoms with Gasteiger partial charge in [0, 0.05) is 17.6 Å². The van der Waals surface area contributed by atoms with E-state index in [1.807, 2.05) is 39.2 Å². The summed E-state index contributed by atoms with van der Waals surface area (Å²) in [7, 11) is 4.05. The number of hydrogen-bond donors (Lipinski definition) is 1. The van der Waals surface area contributed by atoms with Gasteiger partial charge in [0.05, 0.1) is 0 Å². The number of likely N-dealkylation sites (N-methyl/N-ethyl adjacent to an activating group) is 1. The standard InChI is InChI=1S/C16H20N2O/c1-5-12-8-14-9-13(11(2)10-18(3)4)6-7-15(14)17-16(12)19/h6-9H,2,5,10H2,1,3-4H3,(H,17,19). The van der Waals surface area contributed by atoms with E-state index >= 15 is 0 Å². The largest absolute Gasteiger partial charge is 0.322 e. The third kappa shape index (κ3) is 2.93. The van der Waals surface area contributed by atoms with Gasteiger partial charge in [-0.2, -0.15) is 0 Å². The third-order valence-corrected chi connectivity index (χ3v) is 3.22. The van der Waals surface area contributed by atoms with Crippen molar-refractivity contribution in [3.05, 3.63) is 52.3 Å². The number of rotatable bonds is 4. The minimum atomic E-state index is 0.00914. The van der Waals surface area contributed by atoms with Crippen molar-refractivity contribution in [2.24, 2.45) is 0 Å². The lowest BCUT2D eigenvalue weighted by Crippen LogP contribution is -2.14. The molecule has 1 heterocycles. The van der Waals surface area contributed by atoms with Crippen LogP contribution in [0.1, 0.15) is 18.1 Å². The van der Waals surface area contributed by atoms with Gasteiger partial charge >= 0.3 is 0 Å². The van der Waals surface area contributed by atoms with E-state index in [2.05, 4.69) is 22.5 Å². The van der Waals surface area contributed by atoms with Crippen LogP contribution in [0.2, 0.25) is 0 Å². The minimum absolute atomic E-state index is 0.00914. The van der Waals surface area contributed by atoms with Gasteiger partial charge in [0.1, 0.15) is 0 Å². The number of aryl methyl sites for hydroxylation is 1. The predicted octanol–water partition coefficient (Wildman–Crippen LogP) is 2.67. The van der Waals surface area contributed by atoms with E-state index < -0.39 is 0 Å². The van der Waals surface area contributed by atoms with E-state index in [1.165, 1.54) is 0 Å². The highest BCUT2D eigenvalue weighted by molar-refractivity contribution is 5.83. The summed E-state index contributed by atoms with van der Waals surface area (Å²) < 4.78 is 0. The molecule has 0 unspecified atom stereocenters. The van der Waals surface area contributed by atoms with Crippen molar-refractivity contribution in [3.8, 4) is 0 Å². The Kier molecular flexibility index (Phi) is 3.86. The monoisotopic (exact) mass is 256 g/mol. The van der Waals surface area contributed by atoms with Gasteiger partial charge in [-0.1, -0.05) is 19.6 Å². The molecule has 0 bridgehead atoms. The number of pyridine rings is 1. The molecule has 0 saturated carbocycles. The fourth-order valence-electron chi connectivity index (χ4n) is 2.21. The van der Waals surface area contributed by atoms with Crippen molar-refractivity contribution >= 4 is 16.5 Å². The second-order valence-electron chi connectivity index (χ2n) is 5.12. The molecule has 1 aromatic carbocycles. The number of nitrogens with zero attached hydrogens (tertiary/aromatic N) is 1. The Morgan fingerprint density at radius 1 is 1.32 bits per heavy atom. The topological polar surface area (TPSA) is 36.1 Å². The molecule has 0 aliphatic heterocycles. The summed E-state index contributed by atoms with van der Waals surface area (Å²) in [6.07, 6.45) is 0.744. The van der Waals surface area contributed by atoms with Crippen molar-refractivity contribution < 1.29 is 0 Å². The summed E-state index contributed by atoms with van der Waals surface area (Å²) in [5.41, 5.74) is 3.91. The molecule has 0 atom stereocenters. The molecule has 1 N–H and O–H groups in total. The molecule has 0 radical (unpaired) electrons. The van der Waals surface area contributed by atoms with Gasteiger partial charge in [-0.05, 0) is 55.2 Å². The molecule has 2 rings (SSSR count). The van der Waals surface area contributed by atoms with Crippen LogP contribution in [0, 0.1) is 0 Å². The zero-order valence-electron chi connectivity index (χ0n) is 11.8. The average molecular weight is 256 g/mol. The second kappa shape index (κ2) is 5.41. The van der Waals surface area contributed by atoms with E-state index in [0.717, 1.165) is 40.6 Å². The first-order chi connectivity index (χ1) is 9.01. The van der Waals surface area contributed by atoms with Crippen LogP contribution in [0.15, 0.2) is 35.6 Å². The van der Waals surface area contributed by atoms with Crippen LogP contribution < -0.4 is 5.56 Å². The maximum absolute atomic E-state index is 11.7. The molecule has 0 saturated heterocycles. The summed E-state index contributed by atoms with van der Waals surface area (Å²) in [6, 6.07) is 8.03. The van der Waals surface area contributed by atoms with E-state index in [4.69, 9.17) is 0 Å². The highest BCUT2D eigenvalue weighted by Gasteiger charge is 2.05. The smallest absolute Gasteiger partial charge is 0.251 e. The number of aromatic nitrogens is 1. The maximum atomic E-state index is 11.7. The number of fused-ring (bicyclic) bond motifs is 1. The van der Waals surface area contributed by atoms with Crippen LogP contribution in [0.4, 0.5) is 0 Å². The zero-order valence-corrected chi connectivity index (χ0v) is 11.8. The summed E-state index contributed by atoms with van der Waals surface area (Å²) in [4.78, 5) is 16.8. The number of benzene rings is 1. The van der Waals surface area contributed by atoms with Crippen LogP contribution in [0.5, 0.6) is 0 Å². The molecule has 0 aliphatic carbocycles. The Bertz CT molecular complexity index is 668. The molecule has 100 valence electrons. The third-order valence-electron chi connectivity index (χ3n) is 3.22. The SMILES string of the molecule is C=C(CN(C)C)c1ccc2[nH]c(=O)c(CC)cc2c1. The fraction of sp³-hybridized carbons (Fsp3) is 0.312. The fourth-order valence-corrected chi connectivity index (χ4v) is 2.21. The van der Waals surface area contributed by atoms with Gasteiger partial charge in [0.2, 0.25) is 0 Å². The lowest BCUT2D eigenvalue weighted by Gasteiger charge is -2.13. The zero-order chi connectivity index (χ0) is 14.0. The summed E-state index contributed by atoms with van der Waals surface area (Å²) >= 11 is 0. The van der Waals surface area contributed by atoms with Crippen molar-refractivity contribution in [3.63, 3.8) is 0 Å². The van der Waals surface area contributed by atoms with Crippen LogP contribution in [-0.2, 0) is 6.42 Å². The van der Waals surface area contributed by atoms with Crippen molar-refractivity contribution in [1.29, 1.82) is 0 Å². The van der Waals surface area contributed by atoms with Crippen LogP contribution in [0.3, 0.4) is 0 Å². The predicted molar refractivity (Wildman–Crippen MR) is 81.5 cm³/mol. The molecule has 0 aliphatic rings. The molecule has 1 aromatic heterocycles. The first kappa shape index (κ1) is 13.6. The summed E-state index contributed by atoms with van der Waals surface area (Å²) in [5.74, 6) is 0. The number of H-pyrrole nitrogens is 1. The van der Waals surface area contributed by atoms with Gasteiger partial charge in [-0.3, -0.25) is 4.79 Å². The Morgan fingerprint density at radius 2 is 2.05 bits per heavy atom.